The average molecular weight is 310 g/mol. The third kappa shape index (κ3) is 5.33. The van der Waals surface area contributed by atoms with Gasteiger partial charge in [0.15, 0.2) is 0 Å². The first-order chi connectivity index (χ1) is 10.6. The Balaban J connectivity index is 0.000000541. The molecule has 0 aliphatic carbocycles. The van der Waals surface area contributed by atoms with Crippen LogP contribution >= 0.6 is 0 Å². The predicted molar refractivity (Wildman–Crippen MR) is 77.9 cm³/mol. The molecule has 118 valence electrons. The number of rotatable bonds is 5. The maximum absolute atomic E-state index is 13.6. The van der Waals surface area contributed by atoms with Crippen LogP contribution < -0.4 is 21.3 Å². The van der Waals surface area contributed by atoms with Crippen LogP contribution in [-0.4, -0.2) is 18.4 Å². The molecule has 0 aliphatic rings. The first-order valence-corrected chi connectivity index (χ1v) is 6.22. The first-order valence-electron chi connectivity index (χ1n) is 6.22. The molecule has 2 aromatic rings. The molecule has 1 aromatic carbocycles. The van der Waals surface area contributed by atoms with Gasteiger partial charge in [-0.25, -0.2) is 10.2 Å². The van der Waals surface area contributed by atoms with Crippen LogP contribution in [0.2, 0.25) is 0 Å². The van der Waals surface area contributed by atoms with Crippen LogP contribution in [-0.2, 0) is 11.4 Å². The number of aromatic nitrogens is 1. The molecule has 0 saturated heterocycles. The number of anilines is 1. The molecule has 0 bridgehead atoms. The summed E-state index contributed by atoms with van der Waals surface area (Å²) < 4.78 is 31.7. The first kappa shape index (κ1) is 17.3. The average Bonchev–Trinajstić information content (AvgIpc) is 2.53. The topological polar surface area (TPSA) is 89.3 Å². The summed E-state index contributed by atoms with van der Waals surface area (Å²) in [4.78, 5) is 12.5. The Morgan fingerprint density at radius 2 is 1.95 bits per heavy atom. The quantitative estimate of drug-likeness (QED) is 0.256. The number of halogens is 2. The van der Waals surface area contributed by atoms with Gasteiger partial charge in [-0.05, 0) is 18.2 Å². The summed E-state index contributed by atoms with van der Waals surface area (Å²) in [6.07, 6.45) is 0.403. The molecule has 2 rings (SSSR count). The maximum atomic E-state index is 13.6. The Hall–Kier alpha value is -2.74. The number of hydrogen-bond acceptors (Lipinski definition) is 5. The van der Waals surface area contributed by atoms with Gasteiger partial charge in [0, 0.05) is 24.4 Å². The third-order valence-corrected chi connectivity index (χ3v) is 2.51. The molecule has 0 spiro atoms. The molecule has 4 N–H and O–H groups in total. The zero-order valence-electron chi connectivity index (χ0n) is 11.8. The zero-order valence-corrected chi connectivity index (χ0v) is 11.8. The van der Waals surface area contributed by atoms with Crippen LogP contribution in [0.5, 0.6) is 5.88 Å². The van der Waals surface area contributed by atoms with Gasteiger partial charge in [-0.15, -0.1) is 0 Å². The van der Waals surface area contributed by atoms with Crippen LogP contribution in [0.3, 0.4) is 0 Å². The van der Waals surface area contributed by atoms with Gasteiger partial charge in [0.1, 0.15) is 12.4 Å². The van der Waals surface area contributed by atoms with E-state index in [-0.39, 0.29) is 18.3 Å². The molecule has 0 radical (unpaired) electrons. The summed E-state index contributed by atoms with van der Waals surface area (Å²) in [5.41, 5.74) is 2.76. The highest BCUT2D eigenvalue weighted by atomic mass is 19.1. The number of nitrogens with zero attached hydrogens (tertiary/aromatic N) is 1. The van der Waals surface area contributed by atoms with Gasteiger partial charge in [-0.3, -0.25) is 10.2 Å². The molecule has 1 heterocycles. The largest absolute Gasteiger partial charge is 0.473 e. The lowest BCUT2D eigenvalue weighted by Gasteiger charge is -2.11. The fourth-order valence-electron chi connectivity index (χ4n) is 1.56. The van der Waals surface area contributed by atoms with Crippen LogP contribution in [0.25, 0.3) is 0 Å². The van der Waals surface area contributed by atoms with Gasteiger partial charge >= 0.3 is 0 Å². The Morgan fingerprint density at radius 1 is 1.27 bits per heavy atom. The molecule has 1 amide bonds. The number of benzene rings is 1. The normalized spacial score (nSPS) is 9.27. The summed E-state index contributed by atoms with van der Waals surface area (Å²) in [5.74, 6) is 3.53. The van der Waals surface area contributed by atoms with Gasteiger partial charge in [0.25, 0.3) is 0 Å². The summed E-state index contributed by atoms with van der Waals surface area (Å²) in [6, 6.07) is 8.90. The fraction of sp³-hybridized carbons (Fsp3) is 0.143. The summed E-state index contributed by atoms with van der Waals surface area (Å²) in [5, 5.41) is 2.87. The van der Waals surface area contributed by atoms with Crippen molar-refractivity contribution in [2.45, 2.75) is 6.61 Å². The molecule has 0 unspecified atom stereocenters. The Labute approximate surface area is 126 Å². The number of nitrogens with two attached hydrogens (primary N) is 1. The molecule has 6 nitrogen and oxygen atoms in total. The van der Waals surface area contributed by atoms with E-state index in [9.17, 15) is 8.78 Å². The number of hydrazine groups is 1. The van der Waals surface area contributed by atoms with E-state index in [0.29, 0.717) is 17.7 Å². The third-order valence-electron chi connectivity index (χ3n) is 2.51. The second kappa shape index (κ2) is 9.24. The van der Waals surface area contributed by atoms with Gasteiger partial charge in [0.2, 0.25) is 18.2 Å². The van der Waals surface area contributed by atoms with Crippen LogP contribution in [0.4, 0.5) is 14.5 Å². The minimum atomic E-state index is -0.630. The van der Waals surface area contributed by atoms with Crippen molar-refractivity contribution in [3.63, 3.8) is 0 Å². The SMILES string of the molecule is CNc1cccc(F)c1COc1cccc(F)n1.NNC=O. The number of nitrogens with one attached hydrogen (secondary N) is 2. The molecule has 22 heavy (non-hydrogen) atoms. The Kier molecular flexibility index (Phi) is 7.27. The van der Waals surface area contributed by atoms with E-state index in [2.05, 4.69) is 16.1 Å². The Morgan fingerprint density at radius 3 is 2.55 bits per heavy atom. The van der Waals surface area contributed by atoms with Crippen molar-refractivity contribution in [2.75, 3.05) is 12.4 Å². The lowest BCUT2D eigenvalue weighted by atomic mass is 10.2. The monoisotopic (exact) mass is 310 g/mol. The van der Waals surface area contributed by atoms with Crippen molar-refractivity contribution < 1.29 is 18.3 Å². The maximum Gasteiger partial charge on any atom is 0.221 e. The molecular weight excluding hydrogens is 294 g/mol. The number of carbonyl (C=O) groups is 1. The number of amides is 1. The molecule has 0 fully saturated rings. The Bertz CT molecular complexity index is 611. The van der Waals surface area contributed by atoms with E-state index >= 15 is 0 Å². The fourth-order valence-corrected chi connectivity index (χ4v) is 1.56. The highest BCUT2D eigenvalue weighted by molar-refractivity contribution is 5.51. The summed E-state index contributed by atoms with van der Waals surface area (Å²) in [7, 11) is 1.69. The number of carbonyl (C=O) groups excluding carboxylic acids is 1. The lowest BCUT2D eigenvalue weighted by Crippen LogP contribution is -2.18. The minimum Gasteiger partial charge on any atom is -0.473 e. The standard InChI is InChI=1S/C13H12F2N2O.CH4N2O/c1-16-11-5-2-4-10(14)9(11)8-18-13-7-3-6-12(15)17-13;2-3-1-4/h2-7,16H,8H2,1H3;1H,2H2,(H,3,4). The highest BCUT2D eigenvalue weighted by Crippen LogP contribution is 2.20. The molecule has 8 heteroatoms. The van der Waals surface area contributed by atoms with E-state index in [4.69, 9.17) is 9.53 Å². The second-order valence-electron chi connectivity index (χ2n) is 3.89. The van der Waals surface area contributed by atoms with Crippen molar-refractivity contribution in [1.29, 1.82) is 0 Å². The van der Waals surface area contributed by atoms with E-state index in [1.54, 1.807) is 24.6 Å². The zero-order chi connectivity index (χ0) is 16.4. The number of ether oxygens (including phenoxy) is 1. The van der Waals surface area contributed by atoms with Crippen molar-refractivity contribution in [2.24, 2.45) is 5.84 Å². The van der Waals surface area contributed by atoms with Crippen molar-refractivity contribution in [3.8, 4) is 5.88 Å². The van der Waals surface area contributed by atoms with E-state index < -0.39 is 5.95 Å². The molecule has 1 aromatic heterocycles. The van der Waals surface area contributed by atoms with Crippen molar-refractivity contribution in [3.05, 3.63) is 53.7 Å². The van der Waals surface area contributed by atoms with Crippen LogP contribution in [0.1, 0.15) is 5.56 Å². The van der Waals surface area contributed by atoms with Gasteiger partial charge in [-0.1, -0.05) is 12.1 Å². The van der Waals surface area contributed by atoms with Gasteiger partial charge < -0.3 is 10.1 Å². The van der Waals surface area contributed by atoms with Crippen LogP contribution in [0, 0.1) is 11.8 Å². The lowest BCUT2D eigenvalue weighted by molar-refractivity contribution is -0.109. The molecule has 0 saturated carbocycles. The van der Waals surface area contributed by atoms with E-state index in [0.717, 1.165) is 0 Å². The summed E-state index contributed by atoms with van der Waals surface area (Å²) >= 11 is 0. The highest BCUT2D eigenvalue weighted by Gasteiger charge is 2.08. The smallest absolute Gasteiger partial charge is 0.221 e. The molecule has 0 aliphatic heterocycles. The van der Waals surface area contributed by atoms with E-state index in [1.807, 2.05) is 0 Å². The van der Waals surface area contributed by atoms with Gasteiger partial charge in [0.05, 0.1) is 0 Å². The number of pyridine rings is 1. The summed E-state index contributed by atoms with van der Waals surface area (Å²) in [6.45, 7) is -0.0146. The van der Waals surface area contributed by atoms with Gasteiger partial charge in [-0.2, -0.15) is 9.37 Å². The molecule has 0 atom stereocenters. The van der Waals surface area contributed by atoms with E-state index in [1.165, 1.54) is 24.3 Å². The number of hydrogen-bond donors (Lipinski definition) is 3. The predicted octanol–water partition coefficient (Wildman–Crippen LogP) is 1.59. The van der Waals surface area contributed by atoms with Crippen molar-refractivity contribution in [1.82, 2.24) is 10.4 Å². The minimum absolute atomic E-state index is 0.0146. The second-order valence-corrected chi connectivity index (χ2v) is 3.89. The van der Waals surface area contributed by atoms with Crippen LogP contribution in [0.15, 0.2) is 36.4 Å². The molecular formula is C14H16F2N4O2. The van der Waals surface area contributed by atoms with Crippen molar-refractivity contribution >= 4 is 12.1 Å².